The molecule has 0 spiro atoms. The fraction of sp³-hybridized carbons (Fsp3) is 0.571. The van der Waals surface area contributed by atoms with Gasteiger partial charge in [0.05, 0.1) is 17.1 Å². The summed E-state index contributed by atoms with van der Waals surface area (Å²) in [6, 6.07) is 2.48. The van der Waals surface area contributed by atoms with Crippen LogP contribution in [0.1, 0.15) is 77.8 Å². The molecule has 2 N–H and O–H groups in total. The topological polar surface area (TPSA) is 83.7 Å². The predicted molar refractivity (Wildman–Crippen MR) is 140 cm³/mol. The predicted octanol–water partition coefficient (Wildman–Crippen LogP) is 4.81. The van der Waals surface area contributed by atoms with Gasteiger partial charge in [0.1, 0.15) is 0 Å². The van der Waals surface area contributed by atoms with Crippen LogP contribution in [0.5, 0.6) is 11.5 Å². The Labute approximate surface area is 217 Å². The molecule has 1 fully saturated rings. The molecule has 1 aliphatic carbocycles. The van der Waals surface area contributed by atoms with Gasteiger partial charge in [-0.15, -0.1) is 0 Å². The molecule has 1 saturated carbocycles. The molecular formula is C28H36ClN3O4. The number of nitrogens with zero attached hydrogens (tertiary/aromatic N) is 1. The monoisotopic (exact) mass is 513 g/mol. The number of aryl methyl sites for hydroxylation is 2. The Bertz CT molecular complexity index is 1260. The lowest BCUT2D eigenvalue weighted by Gasteiger charge is -2.37. The third kappa shape index (κ3) is 4.20. The van der Waals surface area contributed by atoms with Crippen LogP contribution in [0.2, 0.25) is 5.02 Å². The number of H-pyrrole nitrogens is 1. The van der Waals surface area contributed by atoms with Crippen molar-refractivity contribution < 1.29 is 14.3 Å². The number of fused-ring (bicyclic) bond motifs is 2. The highest BCUT2D eigenvalue weighted by Gasteiger charge is 2.48. The number of hydrogen-bond donors (Lipinski definition) is 2. The summed E-state index contributed by atoms with van der Waals surface area (Å²) >= 11 is 6.88. The molecule has 1 aromatic heterocycles. The van der Waals surface area contributed by atoms with Crippen molar-refractivity contribution in [2.45, 2.75) is 85.1 Å². The van der Waals surface area contributed by atoms with Crippen LogP contribution in [0.15, 0.2) is 10.9 Å². The van der Waals surface area contributed by atoms with Crippen molar-refractivity contribution in [3.05, 3.63) is 55.0 Å². The highest BCUT2D eigenvalue weighted by molar-refractivity contribution is 6.34. The second kappa shape index (κ2) is 9.42. The van der Waals surface area contributed by atoms with E-state index in [1.807, 2.05) is 33.8 Å². The quantitative estimate of drug-likeness (QED) is 0.599. The summed E-state index contributed by atoms with van der Waals surface area (Å²) in [4.78, 5) is 30.9. The number of carbonyl (C=O) groups is 1. The van der Waals surface area contributed by atoms with Gasteiger partial charge in [-0.1, -0.05) is 18.5 Å². The van der Waals surface area contributed by atoms with E-state index in [0.717, 1.165) is 54.6 Å². The molecule has 36 heavy (non-hydrogen) atoms. The Morgan fingerprint density at radius 3 is 2.50 bits per heavy atom. The van der Waals surface area contributed by atoms with E-state index in [1.165, 1.54) is 0 Å². The summed E-state index contributed by atoms with van der Waals surface area (Å²) in [5.74, 6) is 0.468. The molecule has 1 aromatic carbocycles. The number of aromatic amines is 1. The molecular weight excluding hydrogens is 478 g/mol. The highest BCUT2D eigenvalue weighted by Crippen LogP contribution is 2.53. The molecule has 3 aliphatic rings. The Balaban J connectivity index is 1.42. The molecule has 2 aromatic rings. The van der Waals surface area contributed by atoms with E-state index in [0.29, 0.717) is 46.7 Å². The second-order valence-corrected chi connectivity index (χ2v) is 11.1. The molecule has 1 atom stereocenters. The lowest BCUT2D eigenvalue weighted by atomic mass is 9.81. The van der Waals surface area contributed by atoms with E-state index in [1.54, 1.807) is 4.90 Å². The first-order valence-electron chi connectivity index (χ1n) is 13.1. The molecule has 1 amide bonds. The van der Waals surface area contributed by atoms with Crippen molar-refractivity contribution in [3.63, 3.8) is 0 Å². The third-order valence-corrected chi connectivity index (χ3v) is 8.63. The molecule has 5 rings (SSSR count). The van der Waals surface area contributed by atoms with Crippen molar-refractivity contribution in [1.29, 1.82) is 0 Å². The number of ether oxygens (including phenoxy) is 2. The third-order valence-electron chi connectivity index (χ3n) is 8.23. The van der Waals surface area contributed by atoms with Gasteiger partial charge < -0.3 is 24.7 Å². The maximum atomic E-state index is 13.7. The zero-order valence-electron chi connectivity index (χ0n) is 21.8. The molecule has 2 aliphatic heterocycles. The Morgan fingerprint density at radius 2 is 1.83 bits per heavy atom. The Morgan fingerprint density at radius 1 is 1.14 bits per heavy atom. The number of nitrogens with one attached hydrogen (secondary N) is 2. The SMILES string of the molecule is CCNC1CCC(C2(C)Oc3c(C)c4c(c(Cl)c3O2)CCN(Cc2c(C)cc(C)[nH]c2=O)C4=O)CC1. The van der Waals surface area contributed by atoms with Gasteiger partial charge in [0.2, 0.25) is 0 Å². The number of rotatable bonds is 5. The van der Waals surface area contributed by atoms with Crippen LogP contribution in [0.25, 0.3) is 0 Å². The first-order chi connectivity index (χ1) is 17.1. The summed E-state index contributed by atoms with van der Waals surface area (Å²) < 4.78 is 13.0. The van der Waals surface area contributed by atoms with E-state index >= 15 is 0 Å². The van der Waals surface area contributed by atoms with Crippen molar-refractivity contribution >= 4 is 17.5 Å². The minimum atomic E-state index is -0.799. The van der Waals surface area contributed by atoms with Crippen LogP contribution in [0.3, 0.4) is 0 Å². The number of benzene rings is 1. The molecule has 7 nitrogen and oxygen atoms in total. The highest BCUT2D eigenvalue weighted by atomic mass is 35.5. The largest absolute Gasteiger partial charge is 0.448 e. The van der Waals surface area contributed by atoms with E-state index in [2.05, 4.69) is 17.2 Å². The van der Waals surface area contributed by atoms with Crippen molar-refractivity contribution in [3.8, 4) is 11.5 Å². The molecule has 194 valence electrons. The summed E-state index contributed by atoms with van der Waals surface area (Å²) in [5.41, 5.74) is 4.31. The normalized spacial score (nSPS) is 25.3. The van der Waals surface area contributed by atoms with Crippen molar-refractivity contribution in [1.82, 2.24) is 15.2 Å². The van der Waals surface area contributed by atoms with Gasteiger partial charge in [-0.2, -0.15) is 0 Å². The van der Waals surface area contributed by atoms with Crippen LogP contribution < -0.4 is 20.3 Å². The summed E-state index contributed by atoms with van der Waals surface area (Å²) in [7, 11) is 0. The number of pyridine rings is 1. The first kappa shape index (κ1) is 25.2. The zero-order chi connectivity index (χ0) is 25.8. The Hall–Kier alpha value is -2.51. The zero-order valence-corrected chi connectivity index (χ0v) is 22.6. The number of amides is 1. The Kier molecular flexibility index (Phi) is 6.58. The number of hydrogen-bond acceptors (Lipinski definition) is 5. The molecule has 8 heteroatoms. The van der Waals surface area contributed by atoms with Gasteiger partial charge in [-0.05, 0) is 76.6 Å². The van der Waals surface area contributed by atoms with Gasteiger partial charge in [-0.25, -0.2) is 0 Å². The fourth-order valence-electron chi connectivity index (χ4n) is 6.22. The van der Waals surface area contributed by atoms with E-state index < -0.39 is 5.79 Å². The number of halogens is 1. The minimum absolute atomic E-state index is 0.124. The van der Waals surface area contributed by atoms with E-state index in [-0.39, 0.29) is 23.9 Å². The molecule has 3 heterocycles. The molecule has 0 bridgehead atoms. The molecule has 1 unspecified atom stereocenters. The van der Waals surface area contributed by atoms with Gasteiger partial charge in [0.15, 0.2) is 11.5 Å². The standard InChI is InChI=1S/C28H36ClN3O4/c1-6-30-19-9-7-18(8-10-19)28(5)35-24-17(4)22-20(23(29)25(24)36-28)11-12-32(27(22)34)14-21-15(2)13-16(3)31-26(21)33/h13,18-19,30H,6-12,14H2,1-5H3,(H,31,33). The molecule has 0 saturated heterocycles. The van der Waals surface area contributed by atoms with E-state index in [4.69, 9.17) is 21.1 Å². The van der Waals surface area contributed by atoms with Crippen molar-refractivity contribution in [2.75, 3.05) is 13.1 Å². The molecule has 0 radical (unpaired) electrons. The van der Waals surface area contributed by atoms with Gasteiger partial charge in [0.25, 0.3) is 17.3 Å². The number of carbonyl (C=O) groups excluding carboxylic acids is 1. The number of aromatic nitrogens is 1. The van der Waals surface area contributed by atoms with Crippen LogP contribution >= 0.6 is 11.6 Å². The van der Waals surface area contributed by atoms with Gasteiger partial charge >= 0.3 is 0 Å². The van der Waals surface area contributed by atoms with Crippen molar-refractivity contribution in [2.24, 2.45) is 5.92 Å². The lowest BCUT2D eigenvalue weighted by molar-refractivity contribution is -0.121. The second-order valence-electron chi connectivity index (χ2n) is 10.7. The summed E-state index contributed by atoms with van der Waals surface area (Å²) in [6.45, 7) is 11.6. The van der Waals surface area contributed by atoms with Gasteiger partial charge in [-0.3, -0.25) is 9.59 Å². The minimum Gasteiger partial charge on any atom is -0.448 e. The fourth-order valence-corrected chi connectivity index (χ4v) is 6.54. The average Bonchev–Trinajstić information content (AvgIpc) is 3.20. The first-order valence-corrected chi connectivity index (χ1v) is 13.5. The van der Waals surface area contributed by atoms with Gasteiger partial charge in [0, 0.05) is 42.2 Å². The van der Waals surface area contributed by atoms with Crippen LogP contribution in [0, 0.1) is 26.7 Å². The van der Waals surface area contributed by atoms with Crippen LogP contribution in [0.4, 0.5) is 0 Å². The van der Waals surface area contributed by atoms with E-state index in [9.17, 15) is 9.59 Å². The summed E-state index contributed by atoms with van der Waals surface area (Å²) in [6.07, 6.45) is 4.80. The maximum Gasteiger partial charge on any atom is 0.254 e. The van der Waals surface area contributed by atoms with Crippen LogP contribution in [-0.4, -0.2) is 40.7 Å². The lowest BCUT2D eigenvalue weighted by Crippen LogP contribution is -2.46. The van der Waals surface area contributed by atoms with Crippen LogP contribution in [-0.2, 0) is 13.0 Å². The maximum absolute atomic E-state index is 13.7. The smallest absolute Gasteiger partial charge is 0.254 e. The average molecular weight is 514 g/mol. The summed E-state index contributed by atoms with van der Waals surface area (Å²) in [5, 5.41) is 4.03.